The number of carbonyl (C=O) groups excluding carboxylic acids is 1. The van der Waals surface area contributed by atoms with Gasteiger partial charge in [0.25, 0.3) is 0 Å². The van der Waals surface area contributed by atoms with Gasteiger partial charge in [-0.3, -0.25) is 0 Å². The fourth-order valence-corrected chi connectivity index (χ4v) is 1.21. The molecule has 1 aliphatic carbocycles. The summed E-state index contributed by atoms with van der Waals surface area (Å²) < 4.78 is 9.51. The van der Waals surface area contributed by atoms with Crippen LogP contribution in [0.1, 0.15) is 12.8 Å². The first-order valence-electron chi connectivity index (χ1n) is 4.78. The summed E-state index contributed by atoms with van der Waals surface area (Å²) in [6, 6.07) is 0.589. The predicted octanol–water partition coefficient (Wildman–Crippen LogP) is 0.784. The standard InChI is InChI=1S/C10H17NO3/c1-13-8-7-11(9-3-4-9)6-5-10(12)14-2/h5-6,9H,3-4,7-8H2,1-2H3. The molecule has 0 radical (unpaired) electrons. The number of esters is 1. The molecule has 80 valence electrons. The zero-order valence-electron chi connectivity index (χ0n) is 8.73. The number of nitrogens with zero attached hydrogens (tertiary/aromatic N) is 1. The number of carbonyl (C=O) groups is 1. The molecule has 1 fully saturated rings. The first kappa shape index (κ1) is 11.0. The van der Waals surface area contributed by atoms with E-state index in [4.69, 9.17) is 4.74 Å². The fraction of sp³-hybridized carbons (Fsp3) is 0.700. The molecule has 0 aromatic rings. The molecule has 1 saturated carbocycles. The predicted molar refractivity (Wildman–Crippen MR) is 52.8 cm³/mol. The van der Waals surface area contributed by atoms with Crippen molar-refractivity contribution in [2.75, 3.05) is 27.4 Å². The summed E-state index contributed by atoms with van der Waals surface area (Å²) in [5, 5.41) is 0. The lowest BCUT2D eigenvalue weighted by Gasteiger charge is -2.18. The van der Waals surface area contributed by atoms with Crippen molar-refractivity contribution in [2.24, 2.45) is 0 Å². The van der Waals surface area contributed by atoms with Crippen LogP contribution >= 0.6 is 0 Å². The monoisotopic (exact) mass is 199 g/mol. The van der Waals surface area contributed by atoms with Crippen LogP contribution < -0.4 is 0 Å². The molecule has 0 atom stereocenters. The molecule has 0 aromatic heterocycles. The zero-order valence-corrected chi connectivity index (χ0v) is 8.73. The van der Waals surface area contributed by atoms with Crippen molar-refractivity contribution in [1.82, 2.24) is 4.90 Å². The van der Waals surface area contributed by atoms with Crippen molar-refractivity contribution < 1.29 is 14.3 Å². The van der Waals surface area contributed by atoms with Crippen LogP contribution in [-0.4, -0.2) is 44.3 Å². The number of rotatable bonds is 6. The Morgan fingerprint density at radius 2 is 2.21 bits per heavy atom. The molecule has 14 heavy (non-hydrogen) atoms. The Bertz CT molecular complexity index is 211. The van der Waals surface area contributed by atoms with Crippen LogP contribution in [0, 0.1) is 0 Å². The van der Waals surface area contributed by atoms with Crippen LogP contribution in [0.3, 0.4) is 0 Å². The molecule has 0 unspecified atom stereocenters. The van der Waals surface area contributed by atoms with Crippen molar-refractivity contribution in [2.45, 2.75) is 18.9 Å². The Kier molecular flexibility index (Phi) is 4.46. The number of methoxy groups -OCH3 is 2. The van der Waals surface area contributed by atoms with Crippen LogP contribution in [0.15, 0.2) is 12.3 Å². The second-order valence-corrected chi connectivity index (χ2v) is 3.30. The highest BCUT2D eigenvalue weighted by atomic mass is 16.5. The van der Waals surface area contributed by atoms with E-state index in [1.54, 1.807) is 13.3 Å². The summed E-state index contributed by atoms with van der Waals surface area (Å²) in [6.07, 6.45) is 5.65. The molecule has 0 aliphatic heterocycles. The smallest absolute Gasteiger partial charge is 0.331 e. The van der Waals surface area contributed by atoms with E-state index in [0.717, 1.165) is 6.54 Å². The lowest BCUT2D eigenvalue weighted by atomic mass is 10.4. The van der Waals surface area contributed by atoms with E-state index in [-0.39, 0.29) is 5.97 Å². The minimum atomic E-state index is -0.312. The summed E-state index contributed by atoms with van der Waals surface area (Å²) >= 11 is 0. The minimum absolute atomic E-state index is 0.312. The van der Waals surface area contributed by atoms with E-state index in [9.17, 15) is 4.79 Å². The van der Waals surface area contributed by atoms with E-state index in [0.29, 0.717) is 12.6 Å². The molecule has 1 aliphatic rings. The Labute approximate surface area is 84.5 Å². The number of hydrogen-bond acceptors (Lipinski definition) is 4. The maximum absolute atomic E-state index is 10.9. The highest BCUT2D eigenvalue weighted by Gasteiger charge is 2.26. The third-order valence-electron chi connectivity index (χ3n) is 2.17. The van der Waals surface area contributed by atoms with Crippen LogP contribution in [0.5, 0.6) is 0 Å². The molecule has 0 aromatic carbocycles. The average Bonchev–Trinajstić information content (AvgIpc) is 3.01. The quantitative estimate of drug-likeness (QED) is 0.468. The molecule has 0 spiro atoms. The Hall–Kier alpha value is -1.03. The fourth-order valence-electron chi connectivity index (χ4n) is 1.21. The Morgan fingerprint density at radius 3 is 2.71 bits per heavy atom. The Morgan fingerprint density at radius 1 is 1.50 bits per heavy atom. The highest BCUT2D eigenvalue weighted by Crippen LogP contribution is 2.26. The topological polar surface area (TPSA) is 38.8 Å². The van der Waals surface area contributed by atoms with Gasteiger partial charge in [0.1, 0.15) is 0 Å². The summed E-state index contributed by atoms with van der Waals surface area (Å²) in [5.41, 5.74) is 0. The first-order valence-corrected chi connectivity index (χ1v) is 4.78. The van der Waals surface area contributed by atoms with Gasteiger partial charge in [-0.05, 0) is 12.8 Å². The first-order chi connectivity index (χ1) is 6.77. The second kappa shape index (κ2) is 5.65. The van der Waals surface area contributed by atoms with Crippen molar-refractivity contribution in [3.63, 3.8) is 0 Å². The average molecular weight is 199 g/mol. The van der Waals surface area contributed by atoms with Gasteiger partial charge in [-0.25, -0.2) is 4.79 Å². The van der Waals surface area contributed by atoms with Gasteiger partial charge in [-0.1, -0.05) is 0 Å². The van der Waals surface area contributed by atoms with E-state index in [2.05, 4.69) is 9.64 Å². The molecular formula is C10H17NO3. The summed E-state index contributed by atoms with van der Waals surface area (Å²) in [7, 11) is 3.05. The van der Waals surface area contributed by atoms with Gasteiger partial charge in [-0.2, -0.15) is 0 Å². The molecule has 0 amide bonds. The van der Waals surface area contributed by atoms with Crippen molar-refractivity contribution in [3.8, 4) is 0 Å². The van der Waals surface area contributed by atoms with E-state index in [1.807, 2.05) is 0 Å². The van der Waals surface area contributed by atoms with Gasteiger partial charge in [0.15, 0.2) is 0 Å². The SMILES string of the molecule is COCCN(C=CC(=O)OC)C1CC1. The Balaban J connectivity index is 2.34. The van der Waals surface area contributed by atoms with E-state index < -0.39 is 0 Å². The zero-order chi connectivity index (χ0) is 10.4. The normalized spacial score (nSPS) is 15.9. The lowest BCUT2D eigenvalue weighted by Crippen LogP contribution is -2.24. The molecular weight excluding hydrogens is 182 g/mol. The van der Waals surface area contributed by atoms with Crippen molar-refractivity contribution >= 4 is 5.97 Å². The molecule has 0 heterocycles. The highest BCUT2D eigenvalue weighted by molar-refractivity contribution is 5.81. The number of ether oxygens (including phenoxy) is 2. The maximum atomic E-state index is 10.9. The van der Waals surface area contributed by atoms with Gasteiger partial charge in [0.05, 0.1) is 13.7 Å². The number of hydrogen-bond donors (Lipinski definition) is 0. The second-order valence-electron chi connectivity index (χ2n) is 3.30. The van der Waals surface area contributed by atoms with Gasteiger partial charge >= 0.3 is 5.97 Å². The minimum Gasteiger partial charge on any atom is -0.466 e. The van der Waals surface area contributed by atoms with Crippen LogP contribution in [0.25, 0.3) is 0 Å². The van der Waals surface area contributed by atoms with Crippen LogP contribution in [0.2, 0.25) is 0 Å². The lowest BCUT2D eigenvalue weighted by molar-refractivity contribution is -0.134. The van der Waals surface area contributed by atoms with Gasteiger partial charge in [0.2, 0.25) is 0 Å². The molecule has 1 rings (SSSR count). The summed E-state index contributed by atoms with van der Waals surface area (Å²) in [5.74, 6) is -0.312. The van der Waals surface area contributed by atoms with Gasteiger partial charge < -0.3 is 14.4 Å². The van der Waals surface area contributed by atoms with E-state index in [1.165, 1.54) is 26.0 Å². The third-order valence-corrected chi connectivity index (χ3v) is 2.17. The van der Waals surface area contributed by atoms with Gasteiger partial charge in [-0.15, -0.1) is 0 Å². The maximum Gasteiger partial charge on any atom is 0.331 e. The molecule has 0 N–H and O–H groups in total. The molecule has 4 heteroatoms. The van der Waals surface area contributed by atoms with Crippen molar-refractivity contribution in [3.05, 3.63) is 12.3 Å². The van der Waals surface area contributed by atoms with Crippen LogP contribution in [-0.2, 0) is 14.3 Å². The molecule has 4 nitrogen and oxygen atoms in total. The summed E-state index contributed by atoms with van der Waals surface area (Å²) in [4.78, 5) is 13.0. The molecule has 0 bridgehead atoms. The van der Waals surface area contributed by atoms with Crippen molar-refractivity contribution in [1.29, 1.82) is 0 Å². The van der Waals surface area contributed by atoms with Gasteiger partial charge in [0, 0.05) is 32.0 Å². The third kappa shape index (κ3) is 3.79. The van der Waals surface area contributed by atoms with Crippen LogP contribution in [0.4, 0.5) is 0 Å². The summed E-state index contributed by atoms with van der Waals surface area (Å²) in [6.45, 7) is 1.51. The van der Waals surface area contributed by atoms with E-state index >= 15 is 0 Å². The largest absolute Gasteiger partial charge is 0.466 e. The molecule has 0 saturated heterocycles.